The molecule has 112 valence electrons. The number of rotatable bonds is 2. The zero-order valence-electron chi connectivity index (χ0n) is 12.1. The summed E-state index contributed by atoms with van der Waals surface area (Å²) in [4.78, 5) is 14.1. The van der Waals surface area contributed by atoms with Crippen molar-refractivity contribution in [3.63, 3.8) is 0 Å². The van der Waals surface area contributed by atoms with Crippen LogP contribution in [0, 0.1) is 0 Å². The zero-order valence-corrected chi connectivity index (χ0v) is 13.7. The van der Waals surface area contributed by atoms with E-state index in [2.05, 4.69) is 15.9 Å². The van der Waals surface area contributed by atoms with Crippen LogP contribution in [0.4, 0.5) is 5.69 Å². The number of amides is 1. The number of carbonyl (C=O) groups is 1. The number of methoxy groups -OCH3 is 1. The van der Waals surface area contributed by atoms with Crippen LogP contribution in [0.2, 0.25) is 0 Å². The molecule has 0 saturated carbocycles. The van der Waals surface area contributed by atoms with Gasteiger partial charge in [0.05, 0.1) is 12.8 Å². The van der Waals surface area contributed by atoms with E-state index in [-0.39, 0.29) is 11.7 Å². The van der Waals surface area contributed by atoms with Crippen LogP contribution in [0.25, 0.3) is 11.6 Å². The van der Waals surface area contributed by atoms with Crippen LogP contribution >= 0.6 is 15.9 Å². The predicted molar refractivity (Wildman–Crippen MR) is 90.1 cm³/mol. The van der Waals surface area contributed by atoms with E-state index < -0.39 is 0 Å². The summed E-state index contributed by atoms with van der Waals surface area (Å²) >= 11 is 3.44. The molecule has 1 aliphatic rings. The van der Waals surface area contributed by atoms with E-state index in [1.54, 1.807) is 30.2 Å². The monoisotopic (exact) mass is 359 g/mol. The maximum absolute atomic E-state index is 12.4. The molecule has 0 aromatic heterocycles. The Morgan fingerprint density at radius 3 is 2.73 bits per heavy atom. The molecule has 5 heteroatoms. The molecule has 1 aliphatic heterocycles. The lowest BCUT2D eigenvalue weighted by Crippen LogP contribution is -2.20. The number of anilines is 1. The number of halogens is 1. The molecule has 0 spiro atoms. The molecule has 0 radical (unpaired) electrons. The molecule has 3 rings (SSSR count). The number of hydrogen-bond acceptors (Lipinski definition) is 3. The Morgan fingerprint density at radius 2 is 2.00 bits per heavy atom. The topological polar surface area (TPSA) is 49.8 Å². The highest BCUT2D eigenvalue weighted by Crippen LogP contribution is 2.39. The van der Waals surface area contributed by atoms with E-state index in [0.29, 0.717) is 16.9 Å². The van der Waals surface area contributed by atoms with Crippen LogP contribution < -0.4 is 9.64 Å². The predicted octanol–water partition coefficient (Wildman–Crippen LogP) is 3.68. The van der Waals surface area contributed by atoms with Gasteiger partial charge in [0.15, 0.2) is 11.5 Å². The normalized spacial score (nSPS) is 15.3. The summed E-state index contributed by atoms with van der Waals surface area (Å²) in [6, 6.07) is 10.9. The number of hydrogen-bond donors (Lipinski definition) is 1. The minimum Gasteiger partial charge on any atom is -0.504 e. The van der Waals surface area contributed by atoms with E-state index in [9.17, 15) is 9.90 Å². The average molecular weight is 360 g/mol. The van der Waals surface area contributed by atoms with Crippen molar-refractivity contribution in [2.75, 3.05) is 19.1 Å². The Morgan fingerprint density at radius 1 is 1.27 bits per heavy atom. The third kappa shape index (κ3) is 2.27. The minimum absolute atomic E-state index is 0.0321. The second kappa shape index (κ2) is 5.50. The molecule has 2 aromatic carbocycles. The Labute approximate surface area is 136 Å². The molecule has 0 atom stereocenters. The fourth-order valence-corrected chi connectivity index (χ4v) is 2.96. The standard InChI is InChI=1S/C17H14BrNO3/c1-19-14-6-4-3-5-11(14)12(17(19)21)7-10-8-15(20)16(22-2)9-13(10)18/h3-9,20H,1-2H3/b12-7+. The number of benzene rings is 2. The van der Waals surface area contributed by atoms with Gasteiger partial charge in [0.25, 0.3) is 5.91 Å². The minimum atomic E-state index is -0.0663. The first-order valence-corrected chi connectivity index (χ1v) is 7.48. The highest BCUT2D eigenvalue weighted by molar-refractivity contribution is 9.10. The highest BCUT2D eigenvalue weighted by Gasteiger charge is 2.29. The van der Waals surface area contributed by atoms with E-state index in [1.807, 2.05) is 24.3 Å². The van der Waals surface area contributed by atoms with Crippen molar-refractivity contribution in [1.82, 2.24) is 0 Å². The van der Waals surface area contributed by atoms with Gasteiger partial charge in [-0.1, -0.05) is 34.1 Å². The molecule has 2 aromatic rings. The van der Waals surface area contributed by atoms with Crippen molar-refractivity contribution >= 4 is 39.2 Å². The molecule has 1 amide bonds. The third-order valence-corrected chi connectivity index (χ3v) is 4.38. The Balaban J connectivity index is 2.14. The maximum Gasteiger partial charge on any atom is 0.258 e. The number of aromatic hydroxyl groups is 1. The van der Waals surface area contributed by atoms with Crippen LogP contribution in [0.15, 0.2) is 40.9 Å². The van der Waals surface area contributed by atoms with Crippen LogP contribution in [-0.2, 0) is 4.79 Å². The van der Waals surface area contributed by atoms with Crippen molar-refractivity contribution in [2.24, 2.45) is 0 Å². The summed E-state index contributed by atoms with van der Waals surface area (Å²) in [5.41, 5.74) is 3.08. The molecule has 1 heterocycles. The van der Waals surface area contributed by atoms with Crippen LogP contribution in [0.1, 0.15) is 11.1 Å². The number of phenolic OH excluding ortho intramolecular Hbond substituents is 1. The lowest BCUT2D eigenvalue weighted by Gasteiger charge is -2.08. The van der Waals surface area contributed by atoms with Gasteiger partial charge in [-0.05, 0) is 29.8 Å². The van der Waals surface area contributed by atoms with Gasteiger partial charge in [-0.15, -0.1) is 0 Å². The van der Waals surface area contributed by atoms with Crippen molar-refractivity contribution in [3.8, 4) is 11.5 Å². The molecular weight excluding hydrogens is 346 g/mol. The number of phenols is 1. The first kappa shape index (κ1) is 14.7. The van der Waals surface area contributed by atoms with Crippen molar-refractivity contribution in [2.45, 2.75) is 0 Å². The molecular formula is C17H14BrNO3. The summed E-state index contributed by atoms with van der Waals surface area (Å²) in [5, 5.41) is 9.93. The summed E-state index contributed by atoms with van der Waals surface area (Å²) in [5.74, 6) is 0.345. The fraction of sp³-hybridized carbons (Fsp3) is 0.118. The SMILES string of the molecule is COc1cc(Br)c(/C=C2/C(=O)N(C)c3ccccc32)cc1O. The van der Waals surface area contributed by atoms with E-state index >= 15 is 0 Å². The molecule has 0 bridgehead atoms. The second-order valence-electron chi connectivity index (χ2n) is 4.98. The van der Waals surface area contributed by atoms with Gasteiger partial charge in [-0.25, -0.2) is 0 Å². The van der Waals surface area contributed by atoms with Crippen LogP contribution in [-0.4, -0.2) is 25.2 Å². The van der Waals surface area contributed by atoms with Gasteiger partial charge in [-0.2, -0.15) is 0 Å². The van der Waals surface area contributed by atoms with Gasteiger partial charge in [0.2, 0.25) is 0 Å². The first-order chi connectivity index (χ1) is 10.5. The van der Waals surface area contributed by atoms with Gasteiger partial charge in [-0.3, -0.25) is 4.79 Å². The second-order valence-corrected chi connectivity index (χ2v) is 5.84. The molecule has 1 N–H and O–H groups in total. The van der Waals surface area contributed by atoms with Crippen LogP contribution in [0.5, 0.6) is 11.5 Å². The molecule has 0 unspecified atom stereocenters. The van der Waals surface area contributed by atoms with E-state index in [4.69, 9.17) is 4.74 Å². The Hall–Kier alpha value is -2.27. The lowest BCUT2D eigenvalue weighted by molar-refractivity contribution is -0.112. The zero-order chi connectivity index (χ0) is 15.9. The lowest BCUT2D eigenvalue weighted by atomic mass is 10.0. The number of para-hydroxylation sites is 1. The molecule has 0 fully saturated rings. The fourth-order valence-electron chi connectivity index (χ4n) is 2.53. The highest BCUT2D eigenvalue weighted by atomic mass is 79.9. The summed E-state index contributed by atoms with van der Waals surface area (Å²) in [6.07, 6.45) is 1.77. The molecule has 4 nitrogen and oxygen atoms in total. The first-order valence-electron chi connectivity index (χ1n) is 6.68. The smallest absolute Gasteiger partial charge is 0.258 e. The van der Waals surface area contributed by atoms with E-state index in [0.717, 1.165) is 15.7 Å². The summed E-state index contributed by atoms with van der Waals surface area (Å²) in [7, 11) is 3.24. The van der Waals surface area contributed by atoms with Crippen molar-refractivity contribution in [3.05, 3.63) is 52.0 Å². The van der Waals surface area contributed by atoms with E-state index in [1.165, 1.54) is 7.11 Å². The summed E-state index contributed by atoms with van der Waals surface area (Å²) < 4.78 is 5.81. The third-order valence-electron chi connectivity index (χ3n) is 3.69. The Bertz CT molecular complexity index is 798. The number of likely N-dealkylation sites (N-methyl/N-ethyl adjacent to an activating group) is 1. The van der Waals surface area contributed by atoms with Gasteiger partial charge in [0, 0.05) is 22.7 Å². The number of ether oxygens (including phenoxy) is 1. The van der Waals surface area contributed by atoms with Crippen LogP contribution in [0.3, 0.4) is 0 Å². The van der Waals surface area contributed by atoms with Gasteiger partial charge in [0.1, 0.15) is 0 Å². The number of carbonyl (C=O) groups excluding carboxylic acids is 1. The average Bonchev–Trinajstić information content (AvgIpc) is 2.76. The van der Waals surface area contributed by atoms with Gasteiger partial charge >= 0.3 is 0 Å². The molecule has 0 aliphatic carbocycles. The summed E-state index contributed by atoms with van der Waals surface area (Å²) in [6.45, 7) is 0. The largest absolute Gasteiger partial charge is 0.504 e. The molecule has 0 saturated heterocycles. The Kier molecular flexibility index (Phi) is 3.66. The van der Waals surface area contributed by atoms with Crippen molar-refractivity contribution in [1.29, 1.82) is 0 Å². The number of nitrogens with zero attached hydrogens (tertiary/aromatic N) is 1. The molecule has 22 heavy (non-hydrogen) atoms. The quantitative estimate of drug-likeness (QED) is 0.832. The maximum atomic E-state index is 12.4. The number of fused-ring (bicyclic) bond motifs is 1. The van der Waals surface area contributed by atoms with Crippen molar-refractivity contribution < 1.29 is 14.6 Å². The van der Waals surface area contributed by atoms with Gasteiger partial charge < -0.3 is 14.7 Å².